The first-order valence-corrected chi connectivity index (χ1v) is 7.51. The third kappa shape index (κ3) is 3.60. The maximum atomic E-state index is 12.4. The number of carbonyl (C=O) groups excluding carboxylic acids is 1. The van der Waals surface area contributed by atoms with E-state index in [1.165, 1.54) is 0 Å². The van der Waals surface area contributed by atoms with Crippen LogP contribution in [0, 0.1) is 0 Å². The zero-order valence-electron chi connectivity index (χ0n) is 12.1. The highest BCUT2D eigenvalue weighted by Gasteiger charge is 2.34. The maximum Gasteiger partial charge on any atom is 0.179 e. The van der Waals surface area contributed by atoms with Crippen LogP contribution >= 0.6 is 11.6 Å². The summed E-state index contributed by atoms with van der Waals surface area (Å²) in [6.45, 7) is 2.43. The molecule has 4 heteroatoms. The lowest BCUT2D eigenvalue weighted by molar-refractivity contribution is 0.00856. The highest BCUT2D eigenvalue weighted by molar-refractivity contribution is 6.30. The fraction of sp³-hybridized carbons (Fsp3) is 0.562. The summed E-state index contributed by atoms with van der Waals surface area (Å²) in [7, 11) is 1.90. The molecule has 1 unspecified atom stereocenters. The third-order valence-electron chi connectivity index (χ3n) is 4.25. The van der Waals surface area contributed by atoms with Gasteiger partial charge in [0.05, 0.1) is 11.6 Å². The second-order valence-corrected chi connectivity index (χ2v) is 6.33. The minimum atomic E-state index is -0.622. The van der Waals surface area contributed by atoms with Gasteiger partial charge in [0.15, 0.2) is 5.78 Å². The Labute approximate surface area is 125 Å². The number of hydrogen-bond donors (Lipinski definition) is 1. The molecule has 0 heterocycles. The van der Waals surface area contributed by atoms with Crippen molar-refractivity contribution in [1.29, 1.82) is 0 Å². The monoisotopic (exact) mass is 295 g/mol. The van der Waals surface area contributed by atoms with E-state index in [-0.39, 0.29) is 11.8 Å². The van der Waals surface area contributed by atoms with Crippen molar-refractivity contribution < 1.29 is 9.90 Å². The van der Waals surface area contributed by atoms with E-state index in [4.69, 9.17) is 11.6 Å². The van der Waals surface area contributed by atoms with Gasteiger partial charge in [0.1, 0.15) is 0 Å². The van der Waals surface area contributed by atoms with Gasteiger partial charge in [0.25, 0.3) is 0 Å². The van der Waals surface area contributed by atoms with Gasteiger partial charge >= 0.3 is 0 Å². The van der Waals surface area contributed by atoms with E-state index in [0.717, 1.165) is 25.7 Å². The number of benzene rings is 1. The van der Waals surface area contributed by atoms with Gasteiger partial charge in [-0.05, 0) is 51.1 Å². The quantitative estimate of drug-likeness (QED) is 0.848. The Morgan fingerprint density at radius 1 is 1.35 bits per heavy atom. The summed E-state index contributed by atoms with van der Waals surface area (Å²) in [6, 6.07) is 6.71. The Hall–Kier alpha value is -0.900. The fourth-order valence-electron chi connectivity index (χ4n) is 2.85. The summed E-state index contributed by atoms with van der Waals surface area (Å²) in [5.41, 5.74) is 0.0377. The van der Waals surface area contributed by atoms with Crippen LogP contribution in [0.1, 0.15) is 43.0 Å². The summed E-state index contributed by atoms with van der Waals surface area (Å²) in [5, 5.41) is 11.1. The van der Waals surface area contributed by atoms with Gasteiger partial charge < -0.3 is 5.11 Å². The molecular formula is C16H22ClNO2. The molecule has 0 radical (unpaired) electrons. The molecule has 0 aromatic heterocycles. The summed E-state index contributed by atoms with van der Waals surface area (Å²) < 4.78 is 0. The highest BCUT2D eigenvalue weighted by Crippen LogP contribution is 2.30. The van der Waals surface area contributed by atoms with E-state index in [9.17, 15) is 9.90 Å². The van der Waals surface area contributed by atoms with Gasteiger partial charge in [-0.15, -0.1) is 0 Å². The minimum absolute atomic E-state index is 0.0609. The molecule has 1 fully saturated rings. The molecule has 0 amide bonds. The SMILES string of the molecule is CC(C(=O)c1ccc(Cl)cc1)N(C)CC1(O)CCCC1. The molecule has 1 aromatic carbocycles. The van der Waals surface area contributed by atoms with Crippen LogP contribution in [0.2, 0.25) is 5.02 Å². The van der Waals surface area contributed by atoms with Crippen LogP contribution in [0.25, 0.3) is 0 Å². The van der Waals surface area contributed by atoms with Crippen LogP contribution in [0.4, 0.5) is 0 Å². The predicted octanol–water partition coefficient (Wildman–Crippen LogP) is 3.15. The van der Waals surface area contributed by atoms with Crippen LogP contribution in [0.15, 0.2) is 24.3 Å². The van der Waals surface area contributed by atoms with Crippen LogP contribution < -0.4 is 0 Å². The molecule has 1 aliphatic rings. The number of carbonyl (C=O) groups is 1. The molecule has 0 aliphatic heterocycles. The number of likely N-dealkylation sites (N-methyl/N-ethyl adjacent to an activating group) is 1. The summed E-state index contributed by atoms with van der Waals surface area (Å²) in [4.78, 5) is 14.4. The average Bonchev–Trinajstić information content (AvgIpc) is 2.84. The van der Waals surface area contributed by atoms with Crippen LogP contribution in [-0.2, 0) is 0 Å². The van der Waals surface area contributed by atoms with Gasteiger partial charge in [0.2, 0.25) is 0 Å². The molecule has 20 heavy (non-hydrogen) atoms. The normalized spacial score (nSPS) is 19.2. The average molecular weight is 296 g/mol. The summed E-state index contributed by atoms with van der Waals surface area (Å²) >= 11 is 5.84. The maximum absolute atomic E-state index is 12.4. The zero-order valence-corrected chi connectivity index (χ0v) is 12.9. The van der Waals surface area contributed by atoms with E-state index in [1.54, 1.807) is 24.3 Å². The van der Waals surface area contributed by atoms with Gasteiger partial charge in [-0.25, -0.2) is 0 Å². The number of hydrogen-bond acceptors (Lipinski definition) is 3. The Bertz CT molecular complexity index is 466. The molecular weight excluding hydrogens is 274 g/mol. The third-order valence-corrected chi connectivity index (χ3v) is 4.50. The summed E-state index contributed by atoms with van der Waals surface area (Å²) in [6.07, 6.45) is 3.81. The van der Waals surface area contributed by atoms with Crippen LogP contribution in [0.3, 0.4) is 0 Å². The fourth-order valence-corrected chi connectivity index (χ4v) is 2.97. The van der Waals surface area contributed by atoms with E-state index < -0.39 is 5.60 Å². The Morgan fingerprint density at radius 2 is 1.90 bits per heavy atom. The molecule has 1 aromatic rings. The number of halogens is 1. The molecule has 0 bridgehead atoms. The number of ketones is 1. The highest BCUT2D eigenvalue weighted by atomic mass is 35.5. The first-order chi connectivity index (χ1) is 9.41. The van der Waals surface area contributed by atoms with Gasteiger partial charge in [-0.1, -0.05) is 24.4 Å². The van der Waals surface area contributed by atoms with Crippen LogP contribution in [-0.4, -0.2) is 41.0 Å². The van der Waals surface area contributed by atoms with Gasteiger partial charge in [-0.3, -0.25) is 9.69 Å². The van der Waals surface area contributed by atoms with Gasteiger partial charge in [-0.2, -0.15) is 0 Å². The van der Waals surface area contributed by atoms with Crippen molar-refractivity contribution in [2.24, 2.45) is 0 Å². The van der Waals surface area contributed by atoms with Crippen molar-refractivity contribution in [2.75, 3.05) is 13.6 Å². The molecule has 110 valence electrons. The lowest BCUT2D eigenvalue weighted by atomic mass is 9.99. The second kappa shape index (κ2) is 6.25. The zero-order chi connectivity index (χ0) is 14.8. The molecule has 1 saturated carbocycles. The molecule has 0 spiro atoms. The lowest BCUT2D eigenvalue weighted by Crippen LogP contribution is -2.45. The van der Waals surface area contributed by atoms with Crippen molar-refractivity contribution in [3.8, 4) is 0 Å². The van der Waals surface area contributed by atoms with Crippen molar-refractivity contribution in [2.45, 2.75) is 44.2 Å². The largest absolute Gasteiger partial charge is 0.389 e. The molecule has 1 atom stereocenters. The van der Waals surface area contributed by atoms with Crippen molar-refractivity contribution in [3.63, 3.8) is 0 Å². The van der Waals surface area contributed by atoms with Crippen LogP contribution in [0.5, 0.6) is 0 Å². The molecule has 2 rings (SSSR count). The summed E-state index contributed by atoms with van der Waals surface area (Å²) in [5.74, 6) is 0.0609. The minimum Gasteiger partial charge on any atom is -0.389 e. The first-order valence-electron chi connectivity index (χ1n) is 7.14. The van der Waals surface area contributed by atoms with E-state index >= 15 is 0 Å². The van der Waals surface area contributed by atoms with E-state index in [1.807, 2.05) is 18.9 Å². The number of Topliss-reactive ketones (excluding diaryl/α,β-unsaturated/α-hetero) is 1. The Balaban J connectivity index is 2.00. The smallest absolute Gasteiger partial charge is 0.179 e. The Morgan fingerprint density at radius 3 is 2.45 bits per heavy atom. The van der Waals surface area contributed by atoms with E-state index in [2.05, 4.69) is 0 Å². The number of nitrogens with zero attached hydrogens (tertiary/aromatic N) is 1. The molecule has 0 saturated heterocycles. The Kier molecular flexibility index (Phi) is 4.84. The van der Waals surface area contributed by atoms with E-state index in [0.29, 0.717) is 17.1 Å². The number of rotatable bonds is 5. The first kappa shape index (κ1) is 15.5. The standard InChI is InChI=1S/C16H22ClNO2/c1-12(15(19)13-5-7-14(17)8-6-13)18(2)11-16(20)9-3-4-10-16/h5-8,12,20H,3-4,9-11H2,1-2H3. The topological polar surface area (TPSA) is 40.5 Å². The van der Waals surface area contributed by atoms with Gasteiger partial charge in [0, 0.05) is 17.1 Å². The number of aliphatic hydroxyl groups is 1. The molecule has 1 N–H and O–H groups in total. The molecule has 1 aliphatic carbocycles. The predicted molar refractivity (Wildman–Crippen MR) is 81.3 cm³/mol. The second-order valence-electron chi connectivity index (χ2n) is 5.89. The van der Waals surface area contributed by atoms with Crippen molar-refractivity contribution in [1.82, 2.24) is 4.90 Å². The molecule has 3 nitrogen and oxygen atoms in total. The van der Waals surface area contributed by atoms with Crippen molar-refractivity contribution in [3.05, 3.63) is 34.9 Å². The van der Waals surface area contributed by atoms with Crippen molar-refractivity contribution >= 4 is 17.4 Å². The lowest BCUT2D eigenvalue weighted by Gasteiger charge is -2.32.